The lowest BCUT2D eigenvalue weighted by Crippen LogP contribution is -2.47. The summed E-state index contributed by atoms with van der Waals surface area (Å²) in [6.07, 6.45) is 0. The molecule has 0 atom stereocenters. The lowest BCUT2D eigenvalue weighted by atomic mass is 9.91. The Morgan fingerprint density at radius 3 is 1.43 bits per heavy atom. The van der Waals surface area contributed by atoms with E-state index in [2.05, 4.69) is 0 Å². The van der Waals surface area contributed by atoms with E-state index in [0.29, 0.717) is 0 Å². The molecule has 0 spiro atoms. The molecule has 0 aliphatic carbocycles. The van der Waals surface area contributed by atoms with Crippen LogP contribution >= 0.6 is 17.4 Å². The van der Waals surface area contributed by atoms with Gasteiger partial charge in [-0.15, -0.1) is 0 Å². The van der Waals surface area contributed by atoms with Crippen LogP contribution in [-0.2, 0) is 23.0 Å². The summed E-state index contributed by atoms with van der Waals surface area (Å²) in [5.74, 6) is -0.434. The fourth-order valence-corrected chi connectivity index (χ4v) is 1.53. The molecule has 5 nitrogen and oxygen atoms in total. The highest BCUT2D eigenvalue weighted by Gasteiger charge is 2.41. The molecule has 0 aromatic rings. The Bertz CT molecular complexity index is 224. The molecule has 14 heavy (non-hydrogen) atoms. The fourth-order valence-electron chi connectivity index (χ4n) is 0.994. The molecule has 0 fully saturated rings. The van der Waals surface area contributed by atoms with Crippen LogP contribution in [-0.4, -0.2) is 17.0 Å². The van der Waals surface area contributed by atoms with E-state index in [9.17, 15) is 13.9 Å². The number of ketones is 1. The van der Waals surface area contributed by atoms with E-state index in [1.165, 1.54) is 27.7 Å². The molecule has 7 heteroatoms. The number of carbonyl (C=O) groups excluding carboxylic acids is 1. The summed E-state index contributed by atoms with van der Waals surface area (Å²) in [5, 5.41) is 0. The van der Waals surface area contributed by atoms with Gasteiger partial charge in [-0.3, -0.25) is 13.8 Å². The van der Waals surface area contributed by atoms with Gasteiger partial charge in [0.25, 0.3) is 0 Å². The normalized spacial score (nSPS) is 13.4. The molecule has 0 aliphatic heterocycles. The van der Waals surface area contributed by atoms with Crippen LogP contribution in [0.2, 0.25) is 0 Å². The predicted octanol–water partition coefficient (Wildman–Crippen LogP) is 2.56. The maximum absolute atomic E-state index is 11.7. The first-order valence-electron chi connectivity index (χ1n) is 3.84. The minimum absolute atomic E-state index is 0.434. The van der Waals surface area contributed by atoms with Crippen molar-refractivity contribution in [2.75, 3.05) is 0 Å². The molecular formula is C7H12O5P2. The lowest BCUT2D eigenvalue weighted by Gasteiger charge is -2.28. The van der Waals surface area contributed by atoms with Gasteiger partial charge < -0.3 is 0 Å². The third-order valence-electron chi connectivity index (χ3n) is 1.62. The summed E-state index contributed by atoms with van der Waals surface area (Å²) in [6.45, 7) is 5.86. The van der Waals surface area contributed by atoms with Crippen molar-refractivity contribution in [1.29, 1.82) is 0 Å². The minimum atomic E-state index is -1.24. The fraction of sp³-hybridized carbons (Fsp3) is 0.857. The van der Waals surface area contributed by atoms with Crippen LogP contribution in [0.1, 0.15) is 27.7 Å². The minimum Gasteiger partial charge on any atom is -0.293 e. The van der Waals surface area contributed by atoms with Gasteiger partial charge in [-0.05, 0) is 27.7 Å². The number of Topliss-reactive ketones (excluding diaryl/α,β-unsaturated/α-hetero) is 1. The van der Waals surface area contributed by atoms with E-state index >= 15 is 0 Å². The predicted molar refractivity (Wildman–Crippen MR) is 50.5 cm³/mol. The SMILES string of the molecule is CC(C)(OP=O)C(=O)C(C)(C)OP=O. The average Bonchev–Trinajstić information content (AvgIpc) is 2.02. The van der Waals surface area contributed by atoms with E-state index < -0.39 is 34.4 Å². The van der Waals surface area contributed by atoms with Crippen LogP contribution in [0.15, 0.2) is 0 Å². The number of rotatable bonds is 6. The van der Waals surface area contributed by atoms with Crippen LogP contribution < -0.4 is 0 Å². The van der Waals surface area contributed by atoms with Gasteiger partial charge in [-0.25, -0.2) is 9.13 Å². The molecular weight excluding hydrogens is 226 g/mol. The molecule has 0 radical (unpaired) electrons. The largest absolute Gasteiger partial charge is 0.328 e. The van der Waals surface area contributed by atoms with Crippen LogP contribution in [0.5, 0.6) is 0 Å². The second kappa shape index (κ2) is 5.04. The second-order valence-corrected chi connectivity index (χ2v) is 4.34. The van der Waals surface area contributed by atoms with Crippen molar-refractivity contribution in [2.45, 2.75) is 38.9 Å². The molecule has 0 aliphatic rings. The molecule has 0 amide bonds. The van der Waals surface area contributed by atoms with Crippen molar-refractivity contribution in [3.05, 3.63) is 0 Å². The monoisotopic (exact) mass is 238 g/mol. The summed E-state index contributed by atoms with van der Waals surface area (Å²) in [7, 11) is -1.16. The summed E-state index contributed by atoms with van der Waals surface area (Å²) in [4.78, 5) is 11.7. The van der Waals surface area contributed by atoms with Gasteiger partial charge in [0.2, 0.25) is 0 Å². The van der Waals surface area contributed by atoms with Crippen LogP contribution in [0.3, 0.4) is 0 Å². The maximum Gasteiger partial charge on any atom is 0.328 e. The summed E-state index contributed by atoms with van der Waals surface area (Å²) < 4.78 is 29.9. The molecule has 0 saturated carbocycles. The van der Waals surface area contributed by atoms with E-state index in [4.69, 9.17) is 9.05 Å². The zero-order valence-corrected chi connectivity index (χ0v) is 10.2. The van der Waals surface area contributed by atoms with Gasteiger partial charge >= 0.3 is 17.4 Å². The molecule has 0 aromatic carbocycles. The molecule has 0 aromatic heterocycles. The Morgan fingerprint density at radius 1 is 0.929 bits per heavy atom. The van der Waals surface area contributed by atoms with E-state index in [1.807, 2.05) is 0 Å². The van der Waals surface area contributed by atoms with Crippen LogP contribution in [0.4, 0.5) is 0 Å². The first-order chi connectivity index (χ1) is 6.28. The van der Waals surface area contributed by atoms with Crippen molar-refractivity contribution in [2.24, 2.45) is 0 Å². The van der Waals surface area contributed by atoms with Crippen molar-refractivity contribution in [1.82, 2.24) is 0 Å². The van der Waals surface area contributed by atoms with Crippen molar-refractivity contribution in [3.63, 3.8) is 0 Å². The molecule has 80 valence electrons. The Labute approximate surface area is 85.7 Å². The van der Waals surface area contributed by atoms with Crippen LogP contribution in [0, 0.1) is 0 Å². The smallest absolute Gasteiger partial charge is 0.293 e. The van der Waals surface area contributed by atoms with Gasteiger partial charge in [-0.1, -0.05) is 0 Å². The molecule has 0 saturated heterocycles. The first kappa shape index (κ1) is 13.8. The lowest BCUT2D eigenvalue weighted by molar-refractivity contribution is -0.144. The number of carbonyl (C=O) groups is 1. The molecule has 0 heterocycles. The number of hydrogen-bond acceptors (Lipinski definition) is 5. The highest BCUT2D eigenvalue weighted by Crippen LogP contribution is 2.27. The van der Waals surface area contributed by atoms with E-state index in [0.717, 1.165) is 0 Å². The zero-order chi connectivity index (χ0) is 11.4. The summed E-state index contributed by atoms with van der Waals surface area (Å²) in [6, 6.07) is 0. The van der Waals surface area contributed by atoms with Crippen LogP contribution in [0.25, 0.3) is 0 Å². The molecule has 0 bridgehead atoms. The quantitative estimate of drug-likeness (QED) is 0.665. The molecule has 0 unspecified atom stereocenters. The van der Waals surface area contributed by atoms with E-state index in [1.54, 1.807) is 0 Å². The Balaban J connectivity index is 4.74. The van der Waals surface area contributed by atoms with Gasteiger partial charge in [-0.2, -0.15) is 0 Å². The Morgan fingerprint density at radius 2 is 1.21 bits per heavy atom. The highest BCUT2D eigenvalue weighted by molar-refractivity contribution is 7.17. The van der Waals surface area contributed by atoms with Gasteiger partial charge in [0.05, 0.1) is 0 Å². The summed E-state index contributed by atoms with van der Waals surface area (Å²) in [5.41, 5.74) is -2.48. The molecule has 0 N–H and O–H groups in total. The Hall–Kier alpha value is -0.210. The average molecular weight is 238 g/mol. The van der Waals surface area contributed by atoms with Crippen molar-refractivity contribution < 1.29 is 23.0 Å². The zero-order valence-electron chi connectivity index (χ0n) is 8.44. The van der Waals surface area contributed by atoms with Crippen molar-refractivity contribution >= 4 is 23.2 Å². The Kier molecular flexibility index (Phi) is 4.96. The molecule has 0 rings (SSSR count). The standard InChI is InChI=1S/C7H12O5P2/c1-6(2,11-13-9)5(8)7(3,4)12-14-10/h1-4H3. The highest BCUT2D eigenvalue weighted by atomic mass is 31.1. The van der Waals surface area contributed by atoms with Gasteiger partial charge in [0.1, 0.15) is 11.2 Å². The first-order valence-corrected chi connectivity index (χ1v) is 5.30. The topological polar surface area (TPSA) is 69.7 Å². The third kappa shape index (κ3) is 3.50. The third-order valence-corrected chi connectivity index (χ3v) is 2.69. The van der Waals surface area contributed by atoms with Gasteiger partial charge in [0, 0.05) is 0 Å². The second-order valence-electron chi connectivity index (χ2n) is 3.68. The van der Waals surface area contributed by atoms with Gasteiger partial charge in [0.15, 0.2) is 5.78 Å². The van der Waals surface area contributed by atoms with Crippen molar-refractivity contribution in [3.8, 4) is 0 Å². The van der Waals surface area contributed by atoms with E-state index in [-0.39, 0.29) is 0 Å². The summed E-state index contributed by atoms with van der Waals surface area (Å²) >= 11 is 0. The maximum atomic E-state index is 11.7. The number of hydrogen-bond donors (Lipinski definition) is 0.